The lowest BCUT2D eigenvalue weighted by molar-refractivity contribution is -0.198. The van der Waals surface area contributed by atoms with Gasteiger partial charge in [-0.25, -0.2) is 9.78 Å². The predicted octanol–water partition coefficient (Wildman–Crippen LogP) is 0.885. The molecular formula is C19H23N3O8S2. The van der Waals surface area contributed by atoms with E-state index >= 15 is 0 Å². The zero-order chi connectivity index (χ0) is 23.2. The Morgan fingerprint density at radius 2 is 1.84 bits per heavy atom. The third-order valence-corrected chi connectivity index (χ3v) is 6.01. The fraction of sp³-hybridized carbons (Fsp3) is 0.474. The van der Waals surface area contributed by atoms with Crippen molar-refractivity contribution >= 4 is 51.2 Å². The molecule has 2 heterocycles. The number of imide groups is 1. The van der Waals surface area contributed by atoms with Crippen LogP contribution in [0, 0.1) is 0 Å². The Balaban J connectivity index is 1.41. The van der Waals surface area contributed by atoms with Gasteiger partial charge in [-0.1, -0.05) is 16.9 Å². The molecule has 0 aliphatic carbocycles. The summed E-state index contributed by atoms with van der Waals surface area (Å²) in [7, 11) is 3.06. The van der Waals surface area contributed by atoms with Gasteiger partial charge in [0.05, 0.1) is 13.2 Å². The second-order valence-corrected chi connectivity index (χ2v) is 8.66. The largest absolute Gasteiger partial charge is 0.463 e. The highest BCUT2D eigenvalue weighted by Crippen LogP contribution is 2.29. The molecule has 0 unspecified atom stereocenters. The number of nitrogens with one attached hydrogen (secondary N) is 1. The van der Waals surface area contributed by atoms with Crippen molar-refractivity contribution < 1.29 is 38.3 Å². The number of pyridine rings is 1. The molecule has 11 nitrogen and oxygen atoms in total. The lowest BCUT2D eigenvalue weighted by atomic mass is 10.4. The van der Waals surface area contributed by atoms with Crippen LogP contribution in [0.1, 0.15) is 25.7 Å². The standard InChI is InChI=1S/C19H23N3O8S2/c23-14(6-12-31-32-15-3-1-2-7-21-15)20-8-9-28-10-11-29-18(26)13-19(27)30-22-16(24)4-5-17(22)25/h1-3,7H,4-6,8-13H2,(H,20,23). The van der Waals surface area contributed by atoms with Crippen molar-refractivity contribution in [2.24, 2.45) is 0 Å². The third-order valence-electron chi connectivity index (χ3n) is 3.74. The third kappa shape index (κ3) is 10.1. The maximum absolute atomic E-state index is 11.7. The number of hydrogen-bond acceptors (Lipinski definition) is 11. The molecule has 0 saturated carbocycles. The van der Waals surface area contributed by atoms with Crippen LogP contribution >= 0.6 is 21.6 Å². The van der Waals surface area contributed by atoms with E-state index in [4.69, 9.17) is 9.47 Å². The van der Waals surface area contributed by atoms with E-state index in [-0.39, 0.29) is 38.6 Å². The van der Waals surface area contributed by atoms with Gasteiger partial charge in [0.1, 0.15) is 18.1 Å². The summed E-state index contributed by atoms with van der Waals surface area (Å²) in [6.45, 7) is 0.536. The van der Waals surface area contributed by atoms with Crippen LogP contribution in [0.25, 0.3) is 0 Å². The molecule has 1 N–H and O–H groups in total. The SMILES string of the molecule is O=C(CCSSc1ccccn1)NCCOCCOC(=O)CC(=O)ON1C(=O)CCC1=O. The highest BCUT2D eigenvalue weighted by atomic mass is 33.1. The second kappa shape index (κ2) is 14.4. The first kappa shape index (κ1) is 25.6. The minimum Gasteiger partial charge on any atom is -0.463 e. The molecule has 32 heavy (non-hydrogen) atoms. The number of rotatable bonds is 14. The summed E-state index contributed by atoms with van der Waals surface area (Å²) in [5.74, 6) is -2.63. The van der Waals surface area contributed by atoms with Crippen LogP contribution in [-0.4, -0.2) is 71.8 Å². The van der Waals surface area contributed by atoms with Crippen LogP contribution in [0.3, 0.4) is 0 Å². The number of carbonyl (C=O) groups is 5. The molecular weight excluding hydrogens is 462 g/mol. The molecule has 2 rings (SSSR count). The lowest BCUT2D eigenvalue weighted by Crippen LogP contribution is -2.33. The average molecular weight is 486 g/mol. The Bertz CT molecular complexity index is 793. The van der Waals surface area contributed by atoms with E-state index in [1.54, 1.807) is 17.0 Å². The van der Waals surface area contributed by atoms with Crippen molar-refractivity contribution in [1.29, 1.82) is 0 Å². The van der Waals surface area contributed by atoms with E-state index in [0.29, 0.717) is 23.8 Å². The summed E-state index contributed by atoms with van der Waals surface area (Å²) in [4.78, 5) is 66.2. The van der Waals surface area contributed by atoms with Crippen molar-refractivity contribution in [3.63, 3.8) is 0 Å². The average Bonchev–Trinajstić information content (AvgIpc) is 3.08. The monoisotopic (exact) mass is 485 g/mol. The lowest BCUT2D eigenvalue weighted by Gasteiger charge is -2.12. The van der Waals surface area contributed by atoms with Gasteiger partial charge in [0.25, 0.3) is 11.8 Å². The number of esters is 1. The number of hydroxylamine groups is 2. The molecule has 3 amide bonds. The van der Waals surface area contributed by atoms with E-state index in [1.165, 1.54) is 10.8 Å². The minimum atomic E-state index is -1.06. The van der Waals surface area contributed by atoms with Crippen LogP contribution in [0.4, 0.5) is 0 Å². The van der Waals surface area contributed by atoms with Crippen molar-refractivity contribution in [3.8, 4) is 0 Å². The van der Waals surface area contributed by atoms with Crippen LogP contribution < -0.4 is 5.32 Å². The van der Waals surface area contributed by atoms with Gasteiger partial charge in [-0.15, -0.1) is 5.06 Å². The summed E-state index contributed by atoms with van der Waals surface area (Å²) in [6, 6.07) is 5.64. The van der Waals surface area contributed by atoms with Crippen LogP contribution in [-0.2, 0) is 38.3 Å². The molecule has 1 aromatic rings. The Hall–Kier alpha value is -2.64. The van der Waals surface area contributed by atoms with Crippen LogP contribution in [0.2, 0.25) is 0 Å². The van der Waals surface area contributed by atoms with E-state index < -0.39 is 30.2 Å². The highest BCUT2D eigenvalue weighted by Gasteiger charge is 2.33. The summed E-state index contributed by atoms with van der Waals surface area (Å²) >= 11 is 0. The Morgan fingerprint density at radius 3 is 2.56 bits per heavy atom. The summed E-state index contributed by atoms with van der Waals surface area (Å²) in [5.41, 5.74) is 0. The number of hydrogen-bond donors (Lipinski definition) is 1. The zero-order valence-corrected chi connectivity index (χ0v) is 18.8. The first-order valence-corrected chi connectivity index (χ1v) is 12.0. The topological polar surface area (TPSA) is 141 Å². The maximum Gasteiger partial charge on any atom is 0.344 e. The van der Waals surface area contributed by atoms with Crippen molar-refractivity contribution in [2.75, 3.05) is 32.1 Å². The molecule has 0 aromatic carbocycles. The Morgan fingerprint density at radius 1 is 1.06 bits per heavy atom. The maximum atomic E-state index is 11.7. The fourth-order valence-corrected chi connectivity index (χ4v) is 4.13. The molecule has 174 valence electrons. The van der Waals surface area contributed by atoms with E-state index in [9.17, 15) is 24.0 Å². The van der Waals surface area contributed by atoms with Gasteiger partial charge in [-0.3, -0.25) is 19.2 Å². The van der Waals surface area contributed by atoms with Gasteiger partial charge in [0, 0.05) is 37.8 Å². The number of nitrogens with zero attached hydrogens (tertiary/aromatic N) is 2. The fourth-order valence-electron chi connectivity index (χ4n) is 2.26. The van der Waals surface area contributed by atoms with E-state index in [2.05, 4.69) is 15.1 Å². The zero-order valence-electron chi connectivity index (χ0n) is 17.2. The summed E-state index contributed by atoms with van der Waals surface area (Å²) in [6.07, 6.45) is 1.29. The first-order chi connectivity index (χ1) is 15.5. The smallest absolute Gasteiger partial charge is 0.344 e. The van der Waals surface area contributed by atoms with Crippen molar-refractivity contribution in [2.45, 2.75) is 30.7 Å². The normalized spacial score (nSPS) is 13.2. The van der Waals surface area contributed by atoms with E-state index in [1.807, 2.05) is 18.2 Å². The second-order valence-electron chi connectivity index (χ2n) is 6.23. The van der Waals surface area contributed by atoms with Crippen molar-refractivity contribution in [1.82, 2.24) is 15.4 Å². The Labute approximate surface area is 192 Å². The number of ether oxygens (including phenoxy) is 2. The van der Waals surface area contributed by atoms with Crippen LogP contribution in [0.5, 0.6) is 0 Å². The van der Waals surface area contributed by atoms with Crippen molar-refractivity contribution in [3.05, 3.63) is 24.4 Å². The molecule has 1 aliphatic rings. The number of amides is 3. The minimum absolute atomic E-state index is 0.0294. The molecule has 1 aromatic heterocycles. The molecule has 13 heteroatoms. The predicted molar refractivity (Wildman–Crippen MR) is 114 cm³/mol. The molecule has 0 atom stereocenters. The highest BCUT2D eigenvalue weighted by molar-refractivity contribution is 8.76. The van der Waals surface area contributed by atoms with E-state index in [0.717, 1.165) is 5.03 Å². The molecule has 1 saturated heterocycles. The van der Waals surface area contributed by atoms with Gasteiger partial charge >= 0.3 is 11.9 Å². The van der Waals surface area contributed by atoms with Gasteiger partial charge in [0.15, 0.2) is 0 Å². The quantitative estimate of drug-likeness (QED) is 0.132. The van der Waals surface area contributed by atoms with Crippen LogP contribution in [0.15, 0.2) is 29.4 Å². The van der Waals surface area contributed by atoms with Gasteiger partial charge in [-0.2, -0.15) is 0 Å². The van der Waals surface area contributed by atoms with Gasteiger partial charge in [0.2, 0.25) is 5.91 Å². The molecule has 0 spiro atoms. The van der Waals surface area contributed by atoms with Gasteiger partial charge < -0.3 is 19.6 Å². The summed E-state index contributed by atoms with van der Waals surface area (Å²) < 4.78 is 10.0. The number of aromatic nitrogens is 1. The molecule has 0 radical (unpaired) electrons. The Kier molecular flexibility index (Phi) is 11.6. The molecule has 1 fully saturated rings. The molecule has 1 aliphatic heterocycles. The summed E-state index contributed by atoms with van der Waals surface area (Å²) in [5, 5.41) is 3.97. The molecule has 0 bridgehead atoms. The number of carbonyl (C=O) groups excluding carboxylic acids is 5. The van der Waals surface area contributed by atoms with Gasteiger partial charge in [-0.05, 0) is 22.9 Å². The first-order valence-electron chi connectivity index (χ1n) is 9.73.